The SMILES string of the molecule is COc1cc(-c2conc2-c2cc(OC)c3c(c2)OCO3)cc(OP(=O)([O-])[O-])c1OC.[Na+].[Na+]. The first kappa shape index (κ1) is 27.8. The molecule has 0 amide bonds. The molecule has 0 atom stereocenters. The van der Waals surface area contributed by atoms with Crippen LogP contribution in [0.25, 0.3) is 22.4 Å². The van der Waals surface area contributed by atoms with Gasteiger partial charge in [-0.15, -0.1) is 0 Å². The quantitative estimate of drug-likeness (QED) is 0.234. The topological polar surface area (TPSA) is 145 Å². The Hall–Kier alpha value is -1.40. The Bertz CT molecular complexity index is 1180. The van der Waals surface area contributed by atoms with Crippen LogP contribution in [0.4, 0.5) is 0 Å². The van der Waals surface area contributed by atoms with Crippen LogP contribution in [0.5, 0.6) is 34.5 Å². The normalized spacial score (nSPS) is 11.8. The maximum Gasteiger partial charge on any atom is 1.00 e. The third kappa shape index (κ3) is 5.82. The van der Waals surface area contributed by atoms with Gasteiger partial charge in [-0.05, 0) is 29.8 Å². The first-order chi connectivity index (χ1) is 14.8. The van der Waals surface area contributed by atoms with Crippen molar-refractivity contribution in [2.24, 2.45) is 0 Å². The molecule has 2 heterocycles. The molecule has 1 aliphatic heterocycles. The minimum Gasteiger partial charge on any atom is -0.780 e. The van der Waals surface area contributed by atoms with Crippen molar-refractivity contribution >= 4 is 7.82 Å². The van der Waals surface area contributed by atoms with Crippen molar-refractivity contribution in [2.45, 2.75) is 0 Å². The van der Waals surface area contributed by atoms with E-state index in [1.165, 1.54) is 33.7 Å². The maximum atomic E-state index is 11.2. The fourth-order valence-corrected chi connectivity index (χ4v) is 3.57. The number of rotatable bonds is 7. The summed E-state index contributed by atoms with van der Waals surface area (Å²) in [6.07, 6.45) is 1.35. The van der Waals surface area contributed by atoms with Gasteiger partial charge in [0.25, 0.3) is 0 Å². The Balaban J connectivity index is 0.00000193. The molecule has 2 aromatic carbocycles. The summed E-state index contributed by atoms with van der Waals surface area (Å²) in [6, 6.07) is 6.26. The van der Waals surface area contributed by atoms with Crippen LogP contribution in [0, 0.1) is 0 Å². The van der Waals surface area contributed by atoms with Gasteiger partial charge in [-0.25, -0.2) is 0 Å². The van der Waals surface area contributed by atoms with Crippen LogP contribution in [0.1, 0.15) is 0 Å². The van der Waals surface area contributed by atoms with Crippen molar-refractivity contribution in [2.75, 3.05) is 28.1 Å². The molecule has 0 fully saturated rings. The molecule has 0 bridgehead atoms. The zero-order valence-electron chi connectivity index (χ0n) is 18.6. The van der Waals surface area contributed by atoms with Gasteiger partial charge in [0, 0.05) is 11.1 Å². The van der Waals surface area contributed by atoms with Crippen LogP contribution in [0.15, 0.2) is 35.1 Å². The second kappa shape index (κ2) is 11.4. The predicted octanol–water partition coefficient (Wildman–Crippen LogP) is -4.02. The molecule has 1 aliphatic rings. The fraction of sp³-hybridized carbons (Fsp3) is 0.211. The zero-order chi connectivity index (χ0) is 22.2. The molecular weight excluding hydrogens is 479 g/mol. The third-order valence-corrected chi connectivity index (χ3v) is 4.89. The Morgan fingerprint density at radius 3 is 2.21 bits per heavy atom. The average Bonchev–Trinajstić information content (AvgIpc) is 3.40. The number of nitrogens with zero attached hydrogens (tertiary/aromatic N) is 1. The number of hydrogen-bond donors (Lipinski definition) is 0. The van der Waals surface area contributed by atoms with Gasteiger partial charge in [-0.2, -0.15) is 0 Å². The van der Waals surface area contributed by atoms with Gasteiger partial charge >= 0.3 is 59.1 Å². The Morgan fingerprint density at radius 1 is 0.909 bits per heavy atom. The minimum absolute atomic E-state index is 0. The van der Waals surface area contributed by atoms with E-state index in [0.717, 1.165) is 0 Å². The van der Waals surface area contributed by atoms with Crippen LogP contribution in [0.2, 0.25) is 0 Å². The summed E-state index contributed by atoms with van der Waals surface area (Å²) in [4.78, 5) is 22.4. The van der Waals surface area contributed by atoms with E-state index in [1.807, 2.05) is 0 Å². The smallest absolute Gasteiger partial charge is 0.780 e. The molecule has 0 unspecified atom stereocenters. The van der Waals surface area contributed by atoms with Crippen molar-refractivity contribution < 1.29 is 106 Å². The van der Waals surface area contributed by atoms with E-state index in [0.29, 0.717) is 39.6 Å². The summed E-state index contributed by atoms with van der Waals surface area (Å²) in [7, 11) is -1.23. The Labute approximate surface area is 233 Å². The van der Waals surface area contributed by atoms with E-state index in [9.17, 15) is 14.4 Å². The number of phosphoric ester groups is 1. The minimum atomic E-state index is -5.37. The maximum absolute atomic E-state index is 11.2. The molecule has 11 nitrogen and oxygen atoms in total. The van der Waals surface area contributed by atoms with Crippen molar-refractivity contribution in [1.29, 1.82) is 0 Å². The molecule has 0 radical (unpaired) electrons. The summed E-state index contributed by atoms with van der Waals surface area (Å²) in [5.41, 5.74) is 1.83. The fourth-order valence-electron chi connectivity index (χ4n) is 3.19. The summed E-state index contributed by atoms with van der Waals surface area (Å²) in [5, 5.41) is 4.05. The second-order valence-electron chi connectivity index (χ2n) is 6.24. The van der Waals surface area contributed by atoms with Gasteiger partial charge in [0.05, 0.1) is 21.3 Å². The number of aromatic nitrogens is 1. The van der Waals surface area contributed by atoms with Crippen LogP contribution in [-0.2, 0) is 4.57 Å². The Morgan fingerprint density at radius 2 is 1.58 bits per heavy atom. The van der Waals surface area contributed by atoms with E-state index >= 15 is 0 Å². The number of methoxy groups -OCH3 is 3. The molecule has 1 aromatic heterocycles. The number of hydrogen-bond acceptors (Lipinski definition) is 11. The van der Waals surface area contributed by atoms with Crippen molar-refractivity contribution in [3.05, 3.63) is 30.5 Å². The number of fused-ring (bicyclic) bond motifs is 1. The summed E-state index contributed by atoms with van der Waals surface area (Å²) < 4.78 is 47.6. The first-order valence-corrected chi connectivity index (χ1v) is 10.2. The molecule has 0 aliphatic carbocycles. The average molecular weight is 495 g/mol. The van der Waals surface area contributed by atoms with E-state index < -0.39 is 7.82 Å². The molecule has 0 N–H and O–H groups in total. The van der Waals surface area contributed by atoms with Crippen molar-refractivity contribution in [3.8, 4) is 56.9 Å². The summed E-state index contributed by atoms with van der Waals surface area (Å²) in [6.45, 7) is 0.0572. The number of ether oxygens (including phenoxy) is 5. The molecule has 33 heavy (non-hydrogen) atoms. The van der Waals surface area contributed by atoms with E-state index in [2.05, 4.69) is 9.68 Å². The number of phosphoric acid groups is 1. The van der Waals surface area contributed by atoms with E-state index in [1.54, 1.807) is 18.2 Å². The molecule has 0 saturated carbocycles. The zero-order valence-corrected chi connectivity index (χ0v) is 23.5. The van der Waals surface area contributed by atoms with Crippen molar-refractivity contribution in [1.82, 2.24) is 5.16 Å². The van der Waals surface area contributed by atoms with Crippen LogP contribution in [0.3, 0.4) is 0 Å². The van der Waals surface area contributed by atoms with Gasteiger partial charge < -0.3 is 47.1 Å². The summed E-state index contributed by atoms with van der Waals surface area (Å²) >= 11 is 0. The van der Waals surface area contributed by atoms with E-state index in [-0.39, 0.29) is 83.2 Å². The molecule has 164 valence electrons. The van der Waals surface area contributed by atoms with Crippen LogP contribution in [-0.4, -0.2) is 33.3 Å². The number of benzene rings is 2. The molecular formula is C19H16NNa2O10P. The molecule has 3 aromatic rings. The second-order valence-corrected chi connectivity index (χ2v) is 7.31. The molecule has 4 rings (SSSR count). The monoisotopic (exact) mass is 495 g/mol. The Kier molecular flexibility index (Phi) is 9.58. The third-order valence-electron chi connectivity index (χ3n) is 4.47. The first-order valence-electron chi connectivity index (χ1n) is 8.75. The van der Waals surface area contributed by atoms with Gasteiger partial charge in [0.2, 0.25) is 18.3 Å². The van der Waals surface area contributed by atoms with Gasteiger partial charge in [0.15, 0.2) is 23.0 Å². The van der Waals surface area contributed by atoms with Gasteiger partial charge in [-0.1, -0.05) is 5.16 Å². The van der Waals surface area contributed by atoms with Gasteiger partial charge in [-0.3, -0.25) is 0 Å². The van der Waals surface area contributed by atoms with Crippen LogP contribution >= 0.6 is 7.82 Å². The van der Waals surface area contributed by atoms with Crippen molar-refractivity contribution in [3.63, 3.8) is 0 Å². The molecule has 0 spiro atoms. The van der Waals surface area contributed by atoms with E-state index in [4.69, 9.17) is 28.2 Å². The van der Waals surface area contributed by atoms with Crippen LogP contribution < -0.4 is 97.1 Å². The predicted molar refractivity (Wildman–Crippen MR) is 101 cm³/mol. The standard InChI is InChI=1S/C19H18NO10P.2Na/c1-24-13-4-10(5-16(18(13)26-3)30-31(21,22)23)12-8-29-20-17(12)11-6-14(25-2)19-15(7-11)27-9-28-19;;/h4-8H,9H2,1-3H3,(H2,21,22,23);;/q;2*+1/p-2. The molecule has 14 heteroatoms. The largest absolute Gasteiger partial charge is 1.00 e. The van der Waals surface area contributed by atoms with Gasteiger partial charge in [0.1, 0.15) is 19.8 Å². The molecule has 0 saturated heterocycles. The summed E-state index contributed by atoms with van der Waals surface area (Å²) in [5.74, 6) is 1.13.